The molecule has 0 amide bonds. The van der Waals surface area contributed by atoms with E-state index in [9.17, 15) is 0 Å². The van der Waals surface area contributed by atoms with Crippen LogP contribution in [-0.4, -0.2) is 16.5 Å². The normalized spacial score (nSPS) is 18.2. The zero-order valence-corrected chi connectivity index (χ0v) is 24.8. The quantitative estimate of drug-likeness (QED) is 0.228. The Bertz CT molecular complexity index is 2250. The van der Waals surface area contributed by atoms with Crippen molar-refractivity contribution in [2.45, 2.75) is 12.3 Å². The van der Waals surface area contributed by atoms with Crippen LogP contribution in [0.5, 0.6) is 5.75 Å². The van der Waals surface area contributed by atoms with E-state index in [0.717, 1.165) is 34.0 Å². The Kier molecular flexibility index (Phi) is 5.66. The maximum atomic E-state index is 6.74. The minimum absolute atomic E-state index is 0.488. The SMILES string of the molecule is CC1(c2ccccn2)C2=C(C3=C(CNC(c4ccc(-c5ccccc5)c5ccccc45)=C3)Oc3cnccc32)c2ccccc21. The Morgan fingerprint density at radius 3 is 2.29 bits per heavy atom. The third kappa shape index (κ3) is 3.79. The summed E-state index contributed by atoms with van der Waals surface area (Å²) in [6, 6.07) is 40.9. The van der Waals surface area contributed by atoms with Gasteiger partial charge >= 0.3 is 0 Å². The van der Waals surface area contributed by atoms with Crippen LogP contribution < -0.4 is 10.1 Å². The monoisotopic (exact) mass is 579 g/mol. The van der Waals surface area contributed by atoms with Crippen molar-refractivity contribution in [2.24, 2.45) is 0 Å². The van der Waals surface area contributed by atoms with Gasteiger partial charge in [0, 0.05) is 34.8 Å². The third-order valence-corrected chi connectivity index (χ3v) is 9.55. The zero-order valence-electron chi connectivity index (χ0n) is 24.8. The van der Waals surface area contributed by atoms with E-state index >= 15 is 0 Å². The number of nitrogens with zero attached hydrogens (tertiary/aromatic N) is 2. The second kappa shape index (κ2) is 9.90. The molecule has 0 bridgehead atoms. The lowest BCUT2D eigenvalue weighted by Gasteiger charge is -2.30. The summed E-state index contributed by atoms with van der Waals surface area (Å²) < 4.78 is 6.74. The van der Waals surface area contributed by atoms with Gasteiger partial charge in [0.1, 0.15) is 5.76 Å². The van der Waals surface area contributed by atoms with Gasteiger partial charge in [0.05, 0.1) is 23.9 Å². The van der Waals surface area contributed by atoms with Gasteiger partial charge in [0.2, 0.25) is 0 Å². The van der Waals surface area contributed by atoms with Crippen molar-refractivity contribution in [2.75, 3.05) is 6.54 Å². The first kappa shape index (κ1) is 25.7. The van der Waals surface area contributed by atoms with Crippen LogP contribution in [0, 0.1) is 0 Å². The average Bonchev–Trinajstić information content (AvgIpc) is 3.28. The first-order valence-electron chi connectivity index (χ1n) is 15.4. The van der Waals surface area contributed by atoms with Crippen molar-refractivity contribution in [1.29, 1.82) is 0 Å². The van der Waals surface area contributed by atoms with Gasteiger partial charge in [0.15, 0.2) is 5.75 Å². The molecule has 214 valence electrons. The van der Waals surface area contributed by atoms with Crippen molar-refractivity contribution in [3.05, 3.63) is 179 Å². The Morgan fingerprint density at radius 2 is 1.44 bits per heavy atom. The van der Waals surface area contributed by atoms with Crippen molar-refractivity contribution in [3.63, 3.8) is 0 Å². The lowest BCUT2D eigenvalue weighted by molar-refractivity contribution is 0.404. The fourth-order valence-corrected chi connectivity index (χ4v) is 7.49. The van der Waals surface area contributed by atoms with Gasteiger partial charge in [0.25, 0.3) is 0 Å². The highest BCUT2D eigenvalue weighted by Gasteiger charge is 2.47. The molecule has 1 unspecified atom stereocenters. The molecule has 4 heterocycles. The van der Waals surface area contributed by atoms with Crippen molar-refractivity contribution >= 4 is 27.6 Å². The number of allylic oxidation sites excluding steroid dienone is 4. The van der Waals surface area contributed by atoms with Gasteiger partial charge in [-0.2, -0.15) is 0 Å². The Balaban J connectivity index is 1.30. The summed E-state index contributed by atoms with van der Waals surface area (Å²) in [4.78, 5) is 9.39. The number of pyridine rings is 2. The van der Waals surface area contributed by atoms with E-state index in [-0.39, 0.29) is 0 Å². The maximum absolute atomic E-state index is 6.74. The van der Waals surface area contributed by atoms with Gasteiger partial charge in [-0.15, -0.1) is 0 Å². The van der Waals surface area contributed by atoms with Crippen molar-refractivity contribution in [1.82, 2.24) is 15.3 Å². The molecule has 9 rings (SSSR count). The number of benzene rings is 4. The molecule has 0 saturated carbocycles. The van der Waals surface area contributed by atoms with Crippen molar-refractivity contribution < 1.29 is 4.74 Å². The van der Waals surface area contributed by atoms with Crippen LogP contribution in [-0.2, 0) is 5.41 Å². The Labute approximate surface area is 262 Å². The topological polar surface area (TPSA) is 47.0 Å². The lowest BCUT2D eigenvalue weighted by atomic mass is 9.73. The first-order valence-corrected chi connectivity index (χ1v) is 15.4. The number of ether oxygens (including phenoxy) is 1. The summed E-state index contributed by atoms with van der Waals surface area (Å²) in [5, 5.41) is 6.16. The fourth-order valence-electron chi connectivity index (χ4n) is 7.49. The number of dihydropyridines is 1. The van der Waals surface area contributed by atoms with Crippen LogP contribution in [0.4, 0.5) is 0 Å². The molecule has 2 aliphatic heterocycles. The lowest BCUT2D eigenvalue weighted by Crippen LogP contribution is -2.25. The molecule has 6 aromatic rings. The highest BCUT2D eigenvalue weighted by molar-refractivity contribution is 6.12. The summed E-state index contributed by atoms with van der Waals surface area (Å²) in [6.45, 7) is 2.86. The summed E-state index contributed by atoms with van der Waals surface area (Å²) in [5.74, 6) is 1.66. The highest BCUT2D eigenvalue weighted by Crippen LogP contribution is 2.59. The fraction of sp³-hybridized carbons (Fsp3) is 0.0732. The van der Waals surface area contributed by atoms with E-state index in [0.29, 0.717) is 6.54 Å². The summed E-state index contributed by atoms with van der Waals surface area (Å²) in [5.41, 5.74) is 12.2. The number of fused-ring (bicyclic) bond motifs is 6. The molecule has 0 radical (unpaired) electrons. The van der Waals surface area contributed by atoms with Crippen LogP contribution >= 0.6 is 0 Å². The molecule has 45 heavy (non-hydrogen) atoms. The largest absolute Gasteiger partial charge is 0.457 e. The number of hydrogen-bond acceptors (Lipinski definition) is 4. The predicted octanol–water partition coefficient (Wildman–Crippen LogP) is 8.82. The van der Waals surface area contributed by atoms with Crippen molar-refractivity contribution in [3.8, 4) is 16.9 Å². The number of rotatable bonds is 3. The van der Waals surface area contributed by atoms with E-state index in [2.05, 4.69) is 132 Å². The molecule has 0 spiro atoms. The Morgan fingerprint density at radius 1 is 0.689 bits per heavy atom. The van der Waals surface area contributed by atoms with E-state index in [4.69, 9.17) is 9.72 Å². The molecule has 1 atom stereocenters. The zero-order chi connectivity index (χ0) is 30.0. The highest BCUT2D eigenvalue weighted by atomic mass is 16.5. The standard InChI is InChI=1S/C41H29N3O/c1-41(38-17-9-10-21-43-38)34-16-8-7-15-31(34)39-33-23-35(44-25-37(33)45-36-24-42-22-20-32(36)40(39)41)30-19-18-27(26-11-3-2-4-12-26)28-13-5-6-14-29(28)30/h2-24,44H,25H2,1H3. The van der Waals surface area contributed by atoms with Gasteiger partial charge in [-0.05, 0) is 75.4 Å². The number of hydrogen-bond donors (Lipinski definition) is 1. The molecule has 1 N–H and O–H groups in total. The minimum Gasteiger partial charge on any atom is -0.457 e. The van der Waals surface area contributed by atoms with Crippen LogP contribution in [0.15, 0.2) is 151 Å². The molecule has 4 heteroatoms. The first-order chi connectivity index (χ1) is 22.2. The summed E-state index contributed by atoms with van der Waals surface area (Å²) >= 11 is 0. The molecular weight excluding hydrogens is 550 g/mol. The van der Waals surface area contributed by atoms with E-state index in [1.54, 1.807) is 0 Å². The van der Waals surface area contributed by atoms with Crippen LogP contribution in [0.3, 0.4) is 0 Å². The second-order valence-corrected chi connectivity index (χ2v) is 11.9. The van der Waals surface area contributed by atoms with Gasteiger partial charge in [-0.1, -0.05) is 97.1 Å². The molecule has 1 aliphatic carbocycles. The van der Waals surface area contributed by atoms with Crippen LogP contribution in [0.2, 0.25) is 0 Å². The second-order valence-electron chi connectivity index (χ2n) is 11.9. The van der Waals surface area contributed by atoms with Gasteiger partial charge in [-0.3, -0.25) is 9.97 Å². The molecule has 0 fully saturated rings. The van der Waals surface area contributed by atoms with E-state index in [1.165, 1.54) is 49.7 Å². The Hall–Kier alpha value is -5.74. The molecule has 0 saturated heterocycles. The predicted molar refractivity (Wildman–Crippen MR) is 181 cm³/mol. The molecule has 4 nitrogen and oxygen atoms in total. The number of aromatic nitrogens is 2. The molecule has 2 aromatic heterocycles. The maximum Gasteiger partial charge on any atom is 0.152 e. The van der Waals surface area contributed by atoms with E-state index < -0.39 is 5.41 Å². The van der Waals surface area contributed by atoms with Gasteiger partial charge in [-0.25, -0.2) is 0 Å². The summed E-state index contributed by atoms with van der Waals surface area (Å²) in [6.07, 6.45) is 7.88. The van der Waals surface area contributed by atoms with E-state index in [1.807, 2.05) is 24.7 Å². The molecule has 3 aliphatic rings. The molecular formula is C41H29N3O. The average molecular weight is 580 g/mol. The van der Waals surface area contributed by atoms with Crippen LogP contribution in [0.1, 0.15) is 34.9 Å². The third-order valence-electron chi connectivity index (χ3n) is 9.55. The smallest absolute Gasteiger partial charge is 0.152 e. The number of nitrogens with one attached hydrogen (secondary N) is 1. The van der Waals surface area contributed by atoms with Gasteiger partial charge < -0.3 is 10.1 Å². The minimum atomic E-state index is -0.488. The molecule has 4 aromatic carbocycles. The van der Waals surface area contributed by atoms with Crippen LogP contribution in [0.25, 0.3) is 38.7 Å². The summed E-state index contributed by atoms with van der Waals surface area (Å²) in [7, 11) is 0.